The molecule has 0 aliphatic carbocycles. The largest absolute Gasteiger partial charge is 0.478 e. The highest BCUT2D eigenvalue weighted by Crippen LogP contribution is 2.19. The van der Waals surface area contributed by atoms with Gasteiger partial charge in [-0.15, -0.1) is 0 Å². The zero-order valence-electron chi connectivity index (χ0n) is 12.1. The number of nitrogens with one attached hydrogen (secondary N) is 2. The van der Waals surface area contributed by atoms with Crippen LogP contribution in [0.25, 0.3) is 0 Å². The van der Waals surface area contributed by atoms with Crippen molar-refractivity contribution in [2.45, 2.75) is 32.9 Å². The molecule has 6 heteroatoms. The molecular weight excluding hydrogens is 260 g/mol. The minimum absolute atomic E-state index is 0.171. The SMILES string of the molecule is CNCc1cc(C(=O)O)ccc1NC(=O)OC(C)(C)C. The molecule has 1 amide bonds. The number of carboxylic acid groups (broad SMARTS) is 1. The molecule has 0 atom stereocenters. The zero-order chi connectivity index (χ0) is 15.3. The molecule has 0 radical (unpaired) electrons. The highest BCUT2D eigenvalue weighted by atomic mass is 16.6. The number of benzene rings is 1. The number of carboxylic acids is 1. The van der Waals surface area contributed by atoms with Crippen molar-refractivity contribution in [2.75, 3.05) is 12.4 Å². The summed E-state index contributed by atoms with van der Waals surface area (Å²) in [6.45, 7) is 5.75. The van der Waals surface area contributed by atoms with Crippen molar-refractivity contribution in [1.82, 2.24) is 5.32 Å². The first-order chi connectivity index (χ1) is 9.23. The van der Waals surface area contributed by atoms with Gasteiger partial charge in [0.25, 0.3) is 0 Å². The van der Waals surface area contributed by atoms with E-state index in [2.05, 4.69) is 10.6 Å². The average Bonchev–Trinajstić information content (AvgIpc) is 2.28. The fourth-order valence-corrected chi connectivity index (χ4v) is 1.60. The Labute approximate surface area is 118 Å². The monoisotopic (exact) mass is 280 g/mol. The number of carbonyl (C=O) groups excluding carboxylic acids is 1. The van der Waals surface area contributed by atoms with Crippen molar-refractivity contribution >= 4 is 17.7 Å². The van der Waals surface area contributed by atoms with Gasteiger partial charge in [-0.1, -0.05) is 0 Å². The number of rotatable bonds is 4. The molecule has 1 aromatic rings. The van der Waals surface area contributed by atoms with E-state index in [1.54, 1.807) is 33.9 Å². The Hall–Kier alpha value is -2.08. The zero-order valence-corrected chi connectivity index (χ0v) is 12.1. The van der Waals surface area contributed by atoms with Crippen molar-refractivity contribution in [3.05, 3.63) is 29.3 Å². The lowest BCUT2D eigenvalue weighted by Crippen LogP contribution is -2.27. The van der Waals surface area contributed by atoms with Gasteiger partial charge < -0.3 is 15.2 Å². The van der Waals surface area contributed by atoms with Gasteiger partial charge in [0, 0.05) is 12.2 Å². The molecule has 3 N–H and O–H groups in total. The van der Waals surface area contributed by atoms with Crippen LogP contribution >= 0.6 is 0 Å². The fraction of sp³-hybridized carbons (Fsp3) is 0.429. The smallest absolute Gasteiger partial charge is 0.412 e. The molecular formula is C14H20N2O4. The van der Waals surface area contributed by atoms with Crippen LogP contribution < -0.4 is 10.6 Å². The highest BCUT2D eigenvalue weighted by Gasteiger charge is 2.17. The summed E-state index contributed by atoms with van der Waals surface area (Å²) in [6.07, 6.45) is -0.571. The second kappa shape index (κ2) is 6.38. The predicted octanol–water partition coefficient (Wildman–Crippen LogP) is 2.45. The van der Waals surface area contributed by atoms with Crippen molar-refractivity contribution in [1.29, 1.82) is 0 Å². The van der Waals surface area contributed by atoms with Gasteiger partial charge in [-0.05, 0) is 51.6 Å². The number of aromatic carboxylic acids is 1. The van der Waals surface area contributed by atoms with Crippen LogP contribution in [-0.4, -0.2) is 29.8 Å². The van der Waals surface area contributed by atoms with Gasteiger partial charge in [0.05, 0.1) is 5.56 Å². The van der Waals surface area contributed by atoms with E-state index in [9.17, 15) is 9.59 Å². The van der Waals surface area contributed by atoms with Crippen molar-refractivity contribution in [2.24, 2.45) is 0 Å². The van der Waals surface area contributed by atoms with E-state index < -0.39 is 17.7 Å². The Bertz CT molecular complexity index is 506. The minimum Gasteiger partial charge on any atom is -0.478 e. The van der Waals surface area contributed by atoms with Crippen LogP contribution in [0.15, 0.2) is 18.2 Å². The Morgan fingerprint density at radius 1 is 1.30 bits per heavy atom. The summed E-state index contributed by atoms with van der Waals surface area (Å²) in [4.78, 5) is 22.7. The van der Waals surface area contributed by atoms with Crippen LogP contribution in [-0.2, 0) is 11.3 Å². The molecule has 0 aliphatic heterocycles. The minimum atomic E-state index is -1.01. The maximum Gasteiger partial charge on any atom is 0.412 e. The molecule has 0 saturated carbocycles. The van der Waals surface area contributed by atoms with Gasteiger partial charge in [-0.3, -0.25) is 5.32 Å². The number of hydrogen-bond acceptors (Lipinski definition) is 4. The summed E-state index contributed by atoms with van der Waals surface area (Å²) in [5, 5.41) is 14.5. The van der Waals surface area contributed by atoms with E-state index in [0.717, 1.165) is 0 Å². The summed E-state index contributed by atoms with van der Waals surface area (Å²) in [6, 6.07) is 4.51. The topological polar surface area (TPSA) is 87.7 Å². The van der Waals surface area contributed by atoms with Gasteiger partial charge >= 0.3 is 12.1 Å². The van der Waals surface area contributed by atoms with Gasteiger partial charge in [0.15, 0.2) is 0 Å². The van der Waals surface area contributed by atoms with E-state index in [1.807, 2.05) is 0 Å². The normalized spacial score (nSPS) is 11.0. The summed E-state index contributed by atoms with van der Waals surface area (Å²) in [7, 11) is 1.74. The van der Waals surface area contributed by atoms with E-state index in [1.165, 1.54) is 12.1 Å². The van der Waals surface area contributed by atoms with Crippen molar-refractivity contribution < 1.29 is 19.4 Å². The van der Waals surface area contributed by atoms with Gasteiger partial charge in [-0.25, -0.2) is 9.59 Å². The van der Waals surface area contributed by atoms with Crippen LogP contribution in [0, 0.1) is 0 Å². The van der Waals surface area contributed by atoms with Crippen LogP contribution in [0.3, 0.4) is 0 Å². The average molecular weight is 280 g/mol. The van der Waals surface area contributed by atoms with E-state index in [4.69, 9.17) is 9.84 Å². The molecule has 0 heterocycles. The summed E-state index contributed by atoms with van der Waals surface area (Å²) < 4.78 is 5.17. The molecule has 0 bridgehead atoms. The molecule has 1 rings (SSSR count). The third-order valence-electron chi connectivity index (χ3n) is 2.36. The molecule has 0 saturated heterocycles. The second-order valence-electron chi connectivity index (χ2n) is 5.33. The lowest BCUT2D eigenvalue weighted by atomic mass is 10.1. The van der Waals surface area contributed by atoms with E-state index in [0.29, 0.717) is 17.8 Å². The molecule has 0 unspecified atom stereocenters. The quantitative estimate of drug-likeness (QED) is 0.788. The van der Waals surface area contributed by atoms with Gasteiger partial charge in [0.2, 0.25) is 0 Å². The van der Waals surface area contributed by atoms with Crippen LogP contribution in [0.4, 0.5) is 10.5 Å². The third kappa shape index (κ3) is 4.89. The summed E-state index contributed by atoms with van der Waals surface area (Å²) in [5.41, 5.74) is 0.788. The van der Waals surface area contributed by atoms with Crippen molar-refractivity contribution in [3.8, 4) is 0 Å². The first-order valence-electron chi connectivity index (χ1n) is 6.24. The van der Waals surface area contributed by atoms with Gasteiger partial charge in [0.1, 0.15) is 5.60 Å². The molecule has 0 aromatic heterocycles. The molecule has 1 aromatic carbocycles. The Kier molecular flexibility index (Phi) is 5.10. The molecule has 20 heavy (non-hydrogen) atoms. The number of amides is 1. The maximum absolute atomic E-state index is 11.7. The van der Waals surface area contributed by atoms with Crippen LogP contribution in [0.1, 0.15) is 36.7 Å². The summed E-state index contributed by atoms with van der Waals surface area (Å²) in [5.74, 6) is -1.01. The molecule has 0 fully saturated rings. The first kappa shape index (κ1) is 16.0. The summed E-state index contributed by atoms with van der Waals surface area (Å²) >= 11 is 0. The van der Waals surface area contributed by atoms with Crippen molar-refractivity contribution in [3.63, 3.8) is 0 Å². The molecule has 0 spiro atoms. The van der Waals surface area contributed by atoms with E-state index >= 15 is 0 Å². The maximum atomic E-state index is 11.7. The van der Waals surface area contributed by atoms with Gasteiger partial charge in [-0.2, -0.15) is 0 Å². The number of anilines is 1. The Balaban J connectivity index is 2.94. The predicted molar refractivity (Wildman–Crippen MR) is 76.0 cm³/mol. The standard InChI is InChI=1S/C14H20N2O4/c1-14(2,3)20-13(19)16-11-6-5-9(12(17)18)7-10(11)8-15-4/h5-7,15H,8H2,1-4H3,(H,16,19)(H,17,18). The fourth-order valence-electron chi connectivity index (χ4n) is 1.60. The number of carbonyl (C=O) groups is 2. The number of ether oxygens (including phenoxy) is 1. The molecule has 0 aliphatic rings. The number of hydrogen-bond donors (Lipinski definition) is 3. The Morgan fingerprint density at radius 2 is 1.95 bits per heavy atom. The Morgan fingerprint density at radius 3 is 2.45 bits per heavy atom. The van der Waals surface area contributed by atoms with Crippen LogP contribution in [0.2, 0.25) is 0 Å². The molecule has 110 valence electrons. The van der Waals surface area contributed by atoms with E-state index in [-0.39, 0.29) is 5.56 Å². The second-order valence-corrected chi connectivity index (χ2v) is 5.33. The lowest BCUT2D eigenvalue weighted by molar-refractivity contribution is 0.0634. The lowest BCUT2D eigenvalue weighted by Gasteiger charge is -2.20. The third-order valence-corrected chi connectivity index (χ3v) is 2.36. The first-order valence-corrected chi connectivity index (χ1v) is 6.24. The van der Waals surface area contributed by atoms with Crippen LogP contribution in [0.5, 0.6) is 0 Å². The highest BCUT2D eigenvalue weighted by molar-refractivity contribution is 5.91. The molecule has 6 nitrogen and oxygen atoms in total.